The zero-order valence-corrected chi connectivity index (χ0v) is 9.20. The molecule has 0 amide bonds. The van der Waals surface area contributed by atoms with E-state index in [0.29, 0.717) is 11.7 Å². The molecule has 82 valence electrons. The number of aromatic amines is 1. The lowest BCUT2D eigenvalue weighted by atomic mass is 9.83. The first-order valence-electron chi connectivity index (χ1n) is 5.92. The zero-order chi connectivity index (χ0) is 11.0. The summed E-state index contributed by atoms with van der Waals surface area (Å²) < 4.78 is 0. The quantitative estimate of drug-likeness (QED) is 0.773. The van der Waals surface area contributed by atoms with Crippen molar-refractivity contribution in [1.82, 2.24) is 4.98 Å². The highest BCUT2D eigenvalue weighted by Crippen LogP contribution is 2.34. The summed E-state index contributed by atoms with van der Waals surface area (Å²) in [7, 11) is 0. The number of benzene rings is 1. The predicted molar refractivity (Wildman–Crippen MR) is 64.5 cm³/mol. The molecule has 1 N–H and O–H groups in total. The summed E-state index contributed by atoms with van der Waals surface area (Å²) in [6, 6.07) is 8.32. The summed E-state index contributed by atoms with van der Waals surface area (Å²) in [6.45, 7) is 0. The molecular weight excluding hydrogens is 198 g/mol. The number of hydrogen-bond donors (Lipinski definition) is 1. The second-order valence-electron chi connectivity index (χ2n) is 4.62. The molecule has 1 atom stereocenters. The molecule has 0 radical (unpaired) electrons. The molecule has 1 aromatic carbocycles. The van der Waals surface area contributed by atoms with Gasteiger partial charge in [-0.1, -0.05) is 18.2 Å². The van der Waals surface area contributed by atoms with Crippen molar-refractivity contribution in [3.63, 3.8) is 0 Å². The lowest BCUT2D eigenvalue weighted by Gasteiger charge is -2.20. The van der Waals surface area contributed by atoms with Gasteiger partial charge in [0.15, 0.2) is 0 Å². The van der Waals surface area contributed by atoms with Gasteiger partial charge in [-0.25, -0.2) is 0 Å². The van der Waals surface area contributed by atoms with E-state index in [1.807, 2.05) is 6.07 Å². The summed E-state index contributed by atoms with van der Waals surface area (Å²) >= 11 is 0. The molecule has 0 saturated heterocycles. The number of para-hydroxylation sites is 1. The van der Waals surface area contributed by atoms with Crippen LogP contribution in [0.25, 0.3) is 10.9 Å². The third kappa shape index (κ3) is 1.54. The van der Waals surface area contributed by atoms with Gasteiger partial charge in [0.1, 0.15) is 5.78 Å². The molecular formula is C14H15NO. The largest absolute Gasteiger partial charge is 0.361 e. The Morgan fingerprint density at radius 2 is 2.12 bits per heavy atom. The van der Waals surface area contributed by atoms with Gasteiger partial charge in [-0.15, -0.1) is 0 Å². The van der Waals surface area contributed by atoms with E-state index in [4.69, 9.17) is 0 Å². The molecule has 2 aromatic rings. The molecule has 0 bridgehead atoms. The topological polar surface area (TPSA) is 32.9 Å². The number of fused-ring (bicyclic) bond motifs is 1. The van der Waals surface area contributed by atoms with Crippen molar-refractivity contribution in [2.75, 3.05) is 0 Å². The number of Topliss-reactive ketones (excluding diaryl/α,β-unsaturated/α-hetero) is 1. The van der Waals surface area contributed by atoms with Gasteiger partial charge in [0.25, 0.3) is 0 Å². The number of carbonyl (C=O) groups excluding carboxylic acids is 1. The highest BCUT2D eigenvalue weighted by molar-refractivity contribution is 5.86. The molecule has 0 spiro atoms. The second-order valence-corrected chi connectivity index (χ2v) is 4.62. The van der Waals surface area contributed by atoms with Crippen molar-refractivity contribution in [1.29, 1.82) is 0 Å². The lowest BCUT2D eigenvalue weighted by Crippen LogP contribution is -2.12. The predicted octanol–water partition coefficient (Wildman–Crippen LogP) is 3.39. The smallest absolute Gasteiger partial charge is 0.133 e. The number of hydrogen-bond acceptors (Lipinski definition) is 1. The molecule has 1 aliphatic carbocycles. The van der Waals surface area contributed by atoms with Gasteiger partial charge in [0.05, 0.1) is 0 Å². The first-order valence-corrected chi connectivity index (χ1v) is 5.92. The molecule has 0 aliphatic heterocycles. The Kier molecular flexibility index (Phi) is 2.28. The van der Waals surface area contributed by atoms with Crippen LogP contribution in [0, 0.1) is 0 Å². The van der Waals surface area contributed by atoms with Crippen LogP contribution in [-0.2, 0) is 4.79 Å². The van der Waals surface area contributed by atoms with E-state index in [1.165, 1.54) is 16.5 Å². The van der Waals surface area contributed by atoms with Gasteiger partial charge in [-0.05, 0) is 30.4 Å². The standard InChI is InChI=1S/C14H15NO/c16-11-5-3-4-10(8-11)13-9-15-14-7-2-1-6-12(13)14/h1-2,6-7,9-10,15H,3-5,8H2/t10-/m0/s1. The summed E-state index contributed by atoms with van der Waals surface area (Å²) in [5, 5.41) is 1.28. The Balaban J connectivity index is 2.02. The average molecular weight is 213 g/mol. The molecule has 2 nitrogen and oxygen atoms in total. The fourth-order valence-electron chi connectivity index (χ4n) is 2.72. The molecule has 3 rings (SSSR count). The van der Waals surface area contributed by atoms with Crippen molar-refractivity contribution in [3.8, 4) is 0 Å². The number of nitrogens with one attached hydrogen (secondary N) is 1. The van der Waals surface area contributed by atoms with Crippen LogP contribution < -0.4 is 0 Å². The Labute approximate surface area is 94.7 Å². The molecule has 2 heteroatoms. The summed E-state index contributed by atoms with van der Waals surface area (Å²) in [4.78, 5) is 14.8. The maximum absolute atomic E-state index is 11.5. The van der Waals surface area contributed by atoms with Crippen molar-refractivity contribution in [3.05, 3.63) is 36.0 Å². The Bertz CT molecular complexity index is 526. The van der Waals surface area contributed by atoms with E-state index in [2.05, 4.69) is 29.4 Å². The maximum atomic E-state index is 11.5. The number of H-pyrrole nitrogens is 1. The molecule has 0 unspecified atom stereocenters. The van der Waals surface area contributed by atoms with Crippen LogP contribution in [0.1, 0.15) is 37.2 Å². The SMILES string of the molecule is O=C1CCC[C@H](c2c[nH]c3ccccc23)C1. The monoisotopic (exact) mass is 213 g/mol. The number of aromatic nitrogens is 1. The summed E-state index contributed by atoms with van der Waals surface area (Å²) in [5.41, 5.74) is 2.50. The molecule has 1 fully saturated rings. The van der Waals surface area contributed by atoms with Gasteiger partial charge >= 0.3 is 0 Å². The van der Waals surface area contributed by atoms with E-state index in [9.17, 15) is 4.79 Å². The van der Waals surface area contributed by atoms with Gasteiger partial charge in [-0.2, -0.15) is 0 Å². The molecule has 1 heterocycles. The molecule has 1 aliphatic rings. The summed E-state index contributed by atoms with van der Waals surface area (Å²) in [5.74, 6) is 0.846. The number of carbonyl (C=O) groups is 1. The lowest BCUT2D eigenvalue weighted by molar-refractivity contribution is -0.120. The normalized spacial score (nSPS) is 21.5. The van der Waals surface area contributed by atoms with Crippen LogP contribution >= 0.6 is 0 Å². The fraction of sp³-hybridized carbons (Fsp3) is 0.357. The minimum atomic E-state index is 0.418. The number of rotatable bonds is 1. The van der Waals surface area contributed by atoms with E-state index in [1.54, 1.807) is 0 Å². The molecule has 1 saturated carbocycles. The highest BCUT2D eigenvalue weighted by Gasteiger charge is 2.22. The van der Waals surface area contributed by atoms with Crippen molar-refractivity contribution in [2.24, 2.45) is 0 Å². The third-order valence-corrected chi connectivity index (χ3v) is 3.54. The van der Waals surface area contributed by atoms with Crippen LogP contribution in [0.4, 0.5) is 0 Å². The van der Waals surface area contributed by atoms with Gasteiger partial charge in [-0.3, -0.25) is 4.79 Å². The van der Waals surface area contributed by atoms with Crippen molar-refractivity contribution >= 4 is 16.7 Å². The minimum absolute atomic E-state index is 0.418. The van der Waals surface area contributed by atoms with Crippen LogP contribution in [0.2, 0.25) is 0 Å². The molecule has 16 heavy (non-hydrogen) atoms. The van der Waals surface area contributed by atoms with E-state index < -0.39 is 0 Å². The zero-order valence-electron chi connectivity index (χ0n) is 9.20. The second kappa shape index (κ2) is 3.78. The van der Waals surface area contributed by atoms with Crippen LogP contribution in [0.5, 0.6) is 0 Å². The van der Waals surface area contributed by atoms with Crippen molar-refractivity contribution in [2.45, 2.75) is 31.6 Å². The van der Waals surface area contributed by atoms with Gasteiger partial charge in [0, 0.05) is 29.9 Å². The minimum Gasteiger partial charge on any atom is -0.361 e. The molecule has 1 aromatic heterocycles. The van der Waals surface area contributed by atoms with Gasteiger partial charge in [0.2, 0.25) is 0 Å². The summed E-state index contributed by atoms with van der Waals surface area (Å²) in [6.07, 6.45) is 5.77. The average Bonchev–Trinajstić information content (AvgIpc) is 2.72. The van der Waals surface area contributed by atoms with Crippen LogP contribution in [-0.4, -0.2) is 10.8 Å². The Hall–Kier alpha value is -1.57. The Morgan fingerprint density at radius 3 is 3.00 bits per heavy atom. The van der Waals surface area contributed by atoms with Crippen LogP contribution in [0.15, 0.2) is 30.5 Å². The van der Waals surface area contributed by atoms with Crippen molar-refractivity contribution < 1.29 is 4.79 Å². The van der Waals surface area contributed by atoms with Gasteiger partial charge < -0.3 is 4.98 Å². The highest BCUT2D eigenvalue weighted by atomic mass is 16.1. The Morgan fingerprint density at radius 1 is 1.25 bits per heavy atom. The first kappa shape index (κ1) is 9.64. The first-order chi connectivity index (χ1) is 7.84. The van der Waals surface area contributed by atoms with E-state index in [-0.39, 0.29) is 0 Å². The fourth-order valence-corrected chi connectivity index (χ4v) is 2.72. The van der Waals surface area contributed by atoms with E-state index >= 15 is 0 Å². The van der Waals surface area contributed by atoms with Crippen LogP contribution in [0.3, 0.4) is 0 Å². The third-order valence-electron chi connectivity index (χ3n) is 3.54. The van der Waals surface area contributed by atoms with E-state index in [0.717, 1.165) is 25.7 Å². The number of ketones is 1. The maximum Gasteiger partial charge on any atom is 0.133 e.